The molecule has 1 aromatic carbocycles. The highest BCUT2D eigenvalue weighted by atomic mass is 35.5. The zero-order valence-corrected chi connectivity index (χ0v) is 12.0. The summed E-state index contributed by atoms with van der Waals surface area (Å²) in [6.07, 6.45) is 2.00. The third-order valence-electron chi connectivity index (χ3n) is 3.94. The fraction of sp³-hybridized carbons (Fsp3) is 0.600. The molecule has 1 aliphatic rings. The van der Waals surface area contributed by atoms with Crippen molar-refractivity contribution < 1.29 is 4.74 Å². The summed E-state index contributed by atoms with van der Waals surface area (Å²) in [6, 6.07) is 6.63. The highest BCUT2D eigenvalue weighted by Gasteiger charge is 2.30. The Morgan fingerprint density at radius 1 is 1.22 bits per heavy atom. The molecule has 0 saturated carbocycles. The van der Waals surface area contributed by atoms with Gasteiger partial charge in [0.1, 0.15) is 0 Å². The van der Waals surface area contributed by atoms with Crippen molar-refractivity contribution in [3.05, 3.63) is 34.9 Å². The fourth-order valence-corrected chi connectivity index (χ4v) is 2.68. The van der Waals surface area contributed by atoms with E-state index in [-0.39, 0.29) is 5.54 Å². The highest BCUT2D eigenvalue weighted by Crippen LogP contribution is 2.23. The van der Waals surface area contributed by atoms with E-state index in [9.17, 15) is 0 Å². The second-order valence-electron chi connectivity index (χ2n) is 5.30. The van der Waals surface area contributed by atoms with E-state index >= 15 is 0 Å². The van der Waals surface area contributed by atoms with Gasteiger partial charge in [0.15, 0.2) is 0 Å². The molecule has 18 heavy (non-hydrogen) atoms. The van der Waals surface area contributed by atoms with Crippen LogP contribution in [-0.2, 0) is 11.3 Å². The maximum absolute atomic E-state index is 6.14. The monoisotopic (exact) mass is 267 g/mol. The average Bonchev–Trinajstić information content (AvgIpc) is 2.41. The van der Waals surface area contributed by atoms with E-state index in [1.54, 1.807) is 0 Å². The molecule has 0 unspecified atom stereocenters. The molecule has 1 aliphatic heterocycles. The lowest BCUT2D eigenvalue weighted by Crippen LogP contribution is -2.50. The summed E-state index contributed by atoms with van der Waals surface area (Å²) in [6.45, 7) is 6.81. The van der Waals surface area contributed by atoms with Crippen LogP contribution in [0.4, 0.5) is 0 Å². The number of rotatable bonds is 4. The minimum Gasteiger partial charge on any atom is -0.381 e. The first-order chi connectivity index (χ1) is 8.65. The number of ether oxygens (including phenoxy) is 1. The Labute approximate surface area is 115 Å². The summed E-state index contributed by atoms with van der Waals surface area (Å²) in [5.41, 5.74) is 4.07. The predicted octanol–water partition coefficient (Wildman–Crippen LogP) is 3.18. The molecule has 0 bridgehead atoms. The van der Waals surface area contributed by atoms with Gasteiger partial charge in [-0.3, -0.25) is 0 Å². The smallest absolute Gasteiger partial charge is 0.0484 e. The fourth-order valence-electron chi connectivity index (χ4n) is 2.32. The summed E-state index contributed by atoms with van der Waals surface area (Å²) in [5.74, 6) is 0.654. The van der Waals surface area contributed by atoms with Crippen LogP contribution in [0.3, 0.4) is 0 Å². The van der Waals surface area contributed by atoms with Crippen LogP contribution in [-0.4, -0.2) is 24.6 Å². The third-order valence-corrected chi connectivity index (χ3v) is 4.46. The molecule has 0 radical (unpaired) electrons. The average molecular weight is 268 g/mol. The molecule has 0 spiro atoms. The molecule has 1 fully saturated rings. The van der Waals surface area contributed by atoms with Gasteiger partial charge in [0.2, 0.25) is 0 Å². The van der Waals surface area contributed by atoms with Crippen molar-refractivity contribution >= 4 is 11.6 Å². The quantitative estimate of drug-likeness (QED) is 0.846. The van der Waals surface area contributed by atoms with Crippen LogP contribution in [0, 0.1) is 13.8 Å². The number of aryl methyl sites for hydroxylation is 2. The Balaban J connectivity index is 1.98. The number of hydrogen-bond acceptors (Lipinski definition) is 2. The number of alkyl halides is 1. The SMILES string of the molecule is Cc1ccc(CNC2(CCl)CCOCC2)cc1C. The van der Waals surface area contributed by atoms with Crippen LogP contribution in [0.1, 0.15) is 29.5 Å². The van der Waals surface area contributed by atoms with Gasteiger partial charge in [0.25, 0.3) is 0 Å². The molecule has 0 aliphatic carbocycles. The molecule has 1 N–H and O–H groups in total. The van der Waals surface area contributed by atoms with E-state index in [0.717, 1.165) is 32.6 Å². The summed E-state index contributed by atoms with van der Waals surface area (Å²) in [5, 5.41) is 3.64. The van der Waals surface area contributed by atoms with Gasteiger partial charge in [0.05, 0.1) is 0 Å². The van der Waals surface area contributed by atoms with Crippen LogP contribution in [0.25, 0.3) is 0 Å². The van der Waals surface area contributed by atoms with E-state index in [1.807, 2.05) is 0 Å². The maximum atomic E-state index is 6.14. The lowest BCUT2D eigenvalue weighted by molar-refractivity contribution is 0.0459. The second-order valence-corrected chi connectivity index (χ2v) is 5.57. The van der Waals surface area contributed by atoms with Crippen molar-refractivity contribution in [3.63, 3.8) is 0 Å². The van der Waals surface area contributed by atoms with Crippen molar-refractivity contribution in [1.29, 1.82) is 0 Å². The standard InChI is InChI=1S/C15H22ClNO/c1-12-3-4-14(9-13(12)2)10-17-15(11-16)5-7-18-8-6-15/h3-4,9,17H,5-8,10-11H2,1-2H3. The minimum atomic E-state index is 0.0542. The Kier molecular flexibility index (Phi) is 4.66. The summed E-state index contributed by atoms with van der Waals surface area (Å²) in [4.78, 5) is 0. The Morgan fingerprint density at radius 2 is 1.94 bits per heavy atom. The minimum absolute atomic E-state index is 0.0542. The number of benzene rings is 1. The lowest BCUT2D eigenvalue weighted by atomic mass is 9.92. The van der Waals surface area contributed by atoms with Crippen LogP contribution in [0.2, 0.25) is 0 Å². The molecule has 1 saturated heterocycles. The first kappa shape index (κ1) is 13.9. The Hall–Kier alpha value is -0.570. The van der Waals surface area contributed by atoms with Gasteiger partial charge in [-0.05, 0) is 43.4 Å². The molecule has 0 aromatic heterocycles. The van der Waals surface area contributed by atoms with E-state index in [2.05, 4.69) is 37.4 Å². The summed E-state index contributed by atoms with van der Waals surface area (Å²) < 4.78 is 5.41. The topological polar surface area (TPSA) is 21.3 Å². The Morgan fingerprint density at radius 3 is 2.56 bits per heavy atom. The van der Waals surface area contributed by atoms with Gasteiger partial charge < -0.3 is 10.1 Å². The summed E-state index contributed by atoms with van der Waals surface area (Å²) in [7, 11) is 0. The number of hydrogen-bond donors (Lipinski definition) is 1. The number of halogens is 1. The van der Waals surface area contributed by atoms with Gasteiger partial charge in [-0.1, -0.05) is 18.2 Å². The zero-order chi connectivity index (χ0) is 13.0. The van der Waals surface area contributed by atoms with Crippen molar-refractivity contribution in [1.82, 2.24) is 5.32 Å². The first-order valence-corrected chi connectivity index (χ1v) is 7.13. The van der Waals surface area contributed by atoms with Crippen molar-refractivity contribution in [2.24, 2.45) is 0 Å². The zero-order valence-electron chi connectivity index (χ0n) is 11.3. The number of nitrogens with one attached hydrogen (secondary N) is 1. The maximum Gasteiger partial charge on any atom is 0.0484 e. The van der Waals surface area contributed by atoms with E-state index in [0.29, 0.717) is 5.88 Å². The molecule has 1 heterocycles. The van der Waals surface area contributed by atoms with Crippen LogP contribution >= 0.6 is 11.6 Å². The molecule has 1 aromatic rings. The van der Waals surface area contributed by atoms with E-state index in [4.69, 9.17) is 16.3 Å². The molecule has 2 rings (SSSR count). The largest absolute Gasteiger partial charge is 0.381 e. The molecular weight excluding hydrogens is 246 g/mol. The van der Waals surface area contributed by atoms with Crippen LogP contribution < -0.4 is 5.32 Å². The molecule has 2 nitrogen and oxygen atoms in total. The highest BCUT2D eigenvalue weighted by molar-refractivity contribution is 6.18. The van der Waals surface area contributed by atoms with Gasteiger partial charge in [-0.15, -0.1) is 11.6 Å². The third kappa shape index (κ3) is 3.25. The second kappa shape index (κ2) is 6.05. The van der Waals surface area contributed by atoms with Gasteiger partial charge >= 0.3 is 0 Å². The van der Waals surface area contributed by atoms with E-state index in [1.165, 1.54) is 16.7 Å². The molecule has 0 atom stereocenters. The van der Waals surface area contributed by atoms with Crippen LogP contribution in [0.5, 0.6) is 0 Å². The molecule has 3 heteroatoms. The Bertz CT molecular complexity index is 399. The molecular formula is C15H22ClNO. The first-order valence-electron chi connectivity index (χ1n) is 6.60. The molecule has 100 valence electrons. The lowest BCUT2D eigenvalue weighted by Gasteiger charge is -2.36. The van der Waals surface area contributed by atoms with Crippen LogP contribution in [0.15, 0.2) is 18.2 Å². The predicted molar refractivity (Wildman–Crippen MR) is 76.3 cm³/mol. The van der Waals surface area contributed by atoms with Crippen molar-refractivity contribution in [2.75, 3.05) is 19.1 Å². The van der Waals surface area contributed by atoms with Crippen molar-refractivity contribution in [2.45, 2.75) is 38.8 Å². The summed E-state index contributed by atoms with van der Waals surface area (Å²) >= 11 is 6.14. The van der Waals surface area contributed by atoms with Gasteiger partial charge in [-0.2, -0.15) is 0 Å². The van der Waals surface area contributed by atoms with Gasteiger partial charge in [0, 0.05) is 31.2 Å². The molecule has 0 amide bonds. The van der Waals surface area contributed by atoms with E-state index < -0.39 is 0 Å². The van der Waals surface area contributed by atoms with Crippen molar-refractivity contribution in [3.8, 4) is 0 Å². The normalized spacial score (nSPS) is 18.8. The van der Waals surface area contributed by atoms with Gasteiger partial charge in [-0.25, -0.2) is 0 Å².